The van der Waals surface area contributed by atoms with Gasteiger partial charge in [-0.15, -0.1) is 0 Å². The second kappa shape index (κ2) is 11.9. The van der Waals surface area contributed by atoms with E-state index in [9.17, 15) is 43.6 Å². The van der Waals surface area contributed by atoms with E-state index in [2.05, 4.69) is 15.0 Å². The van der Waals surface area contributed by atoms with Gasteiger partial charge in [0.1, 0.15) is 15.6 Å². The first-order valence-electron chi connectivity index (χ1n) is 14.5. The summed E-state index contributed by atoms with van der Waals surface area (Å²) in [5, 5.41) is 2.28. The Morgan fingerprint density at radius 3 is 2.43 bits per heavy atom. The lowest BCUT2D eigenvalue weighted by molar-refractivity contribution is -0.137. The quantitative estimate of drug-likeness (QED) is 0.296. The summed E-state index contributed by atoms with van der Waals surface area (Å²) in [7, 11) is -7.82. The molecule has 17 heteroatoms. The topological polar surface area (TPSA) is 123 Å². The third-order valence-corrected chi connectivity index (χ3v) is 12.7. The number of nitrogens with zero attached hydrogens (tertiary/aromatic N) is 2. The van der Waals surface area contributed by atoms with Crippen molar-refractivity contribution in [3.05, 3.63) is 82.1 Å². The van der Waals surface area contributed by atoms with Crippen LogP contribution in [-0.2, 0) is 38.0 Å². The van der Waals surface area contributed by atoms with Crippen LogP contribution in [-0.4, -0.2) is 51.9 Å². The molecule has 47 heavy (non-hydrogen) atoms. The highest BCUT2D eigenvalue weighted by Gasteiger charge is 2.60. The number of ether oxygens (including phenoxy) is 1. The van der Waals surface area contributed by atoms with E-state index in [0.717, 1.165) is 6.07 Å². The Bertz CT molecular complexity index is 1940. The predicted octanol–water partition coefficient (Wildman–Crippen LogP) is 5.72. The van der Waals surface area contributed by atoms with Crippen molar-refractivity contribution in [2.45, 2.75) is 61.4 Å². The zero-order valence-corrected chi connectivity index (χ0v) is 26.7. The van der Waals surface area contributed by atoms with Crippen LogP contribution in [0.15, 0.2) is 59.6 Å². The van der Waals surface area contributed by atoms with Gasteiger partial charge in [-0.05, 0) is 73.6 Å². The van der Waals surface area contributed by atoms with Crippen LogP contribution in [0.1, 0.15) is 52.9 Å². The number of sulfonamides is 1. The summed E-state index contributed by atoms with van der Waals surface area (Å²) in [4.78, 5) is 16.7. The fraction of sp³-hybridized carbons (Fsp3) is 0.400. The normalized spacial score (nSPS) is 20.3. The molecule has 6 rings (SSSR count). The fourth-order valence-corrected chi connectivity index (χ4v) is 10.2. The number of fused-ring (bicyclic) bond motifs is 2. The van der Waals surface area contributed by atoms with E-state index in [1.807, 2.05) is 0 Å². The van der Waals surface area contributed by atoms with Crippen LogP contribution < -0.4 is 14.4 Å². The maximum Gasteiger partial charge on any atom is 0.417 e. The summed E-state index contributed by atoms with van der Waals surface area (Å²) >= 11 is 5.99. The number of hydrogen-bond donors (Lipinski definition) is 1. The first-order chi connectivity index (χ1) is 22.0. The van der Waals surface area contributed by atoms with Crippen molar-refractivity contribution >= 4 is 43.1 Å². The Labute approximate surface area is 272 Å². The van der Waals surface area contributed by atoms with Gasteiger partial charge in [-0.1, -0.05) is 17.7 Å². The number of rotatable bonds is 8. The molecule has 1 N–H and O–H groups in total. The van der Waals surface area contributed by atoms with E-state index in [4.69, 9.17) is 11.6 Å². The average molecular weight is 720 g/mol. The maximum absolute atomic E-state index is 14.3. The van der Waals surface area contributed by atoms with Crippen molar-refractivity contribution in [2.75, 3.05) is 15.8 Å². The van der Waals surface area contributed by atoms with Crippen LogP contribution in [0, 0.1) is 5.92 Å². The van der Waals surface area contributed by atoms with Crippen molar-refractivity contribution < 1.29 is 48.3 Å². The highest BCUT2D eigenvalue weighted by Crippen LogP contribution is 2.59. The molecule has 1 atom stereocenters. The Balaban J connectivity index is 1.38. The van der Waals surface area contributed by atoms with Crippen LogP contribution in [0.25, 0.3) is 0 Å². The second-order valence-electron chi connectivity index (χ2n) is 11.8. The molecule has 1 aliphatic carbocycles. The number of carbonyl (C=O) groups excluding carboxylic acids is 1. The number of amides is 1. The summed E-state index contributed by atoms with van der Waals surface area (Å²) in [6.45, 7) is -3.49. The van der Waals surface area contributed by atoms with E-state index in [-0.39, 0.29) is 69.4 Å². The van der Waals surface area contributed by atoms with Crippen molar-refractivity contribution in [1.82, 2.24) is 10.3 Å². The number of anilines is 1. The van der Waals surface area contributed by atoms with E-state index in [0.29, 0.717) is 30.7 Å². The summed E-state index contributed by atoms with van der Waals surface area (Å²) in [6.07, 6.45) is -2.49. The minimum atomic E-state index is -4.65. The van der Waals surface area contributed by atoms with E-state index < -0.39 is 55.6 Å². The van der Waals surface area contributed by atoms with Gasteiger partial charge in [0, 0.05) is 23.2 Å². The number of halogens is 6. The van der Waals surface area contributed by atoms with Crippen LogP contribution in [0.3, 0.4) is 0 Å². The molecule has 3 heterocycles. The van der Waals surface area contributed by atoms with Crippen LogP contribution in [0.2, 0.25) is 5.02 Å². The molecular formula is C30H27ClF5N3O6S2. The molecule has 2 aliphatic heterocycles. The molecule has 1 saturated carbocycles. The van der Waals surface area contributed by atoms with Crippen LogP contribution >= 0.6 is 11.6 Å². The van der Waals surface area contributed by atoms with Gasteiger partial charge in [0.15, 0.2) is 0 Å². The fourth-order valence-electron chi connectivity index (χ4n) is 6.54. The first-order valence-corrected chi connectivity index (χ1v) is 18.1. The number of nitrogens with one attached hydrogen (secondary N) is 1. The molecule has 252 valence electrons. The molecule has 0 bridgehead atoms. The van der Waals surface area contributed by atoms with Gasteiger partial charge in [-0.2, -0.15) is 22.0 Å². The molecule has 1 spiro atoms. The van der Waals surface area contributed by atoms with Gasteiger partial charge in [-0.25, -0.2) is 16.8 Å². The molecule has 1 saturated heterocycles. The molecule has 0 radical (unpaired) electrons. The molecule has 3 aliphatic rings. The number of aromatic nitrogens is 1. The molecule has 3 aromatic rings. The third kappa shape index (κ3) is 6.38. The van der Waals surface area contributed by atoms with Gasteiger partial charge in [0.05, 0.1) is 51.0 Å². The molecular weight excluding hydrogens is 693 g/mol. The average Bonchev–Trinajstić information content (AvgIpc) is 3.80. The second-order valence-corrected chi connectivity index (χ2v) is 16.3. The van der Waals surface area contributed by atoms with Gasteiger partial charge in [-0.3, -0.25) is 14.1 Å². The van der Waals surface area contributed by atoms with Gasteiger partial charge in [0.25, 0.3) is 15.9 Å². The highest BCUT2D eigenvalue weighted by molar-refractivity contribution is 7.93. The number of sulfone groups is 1. The number of hydrogen-bond acceptors (Lipinski definition) is 7. The molecule has 9 nitrogen and oxygen atoms in total. The summed E-state index contributed by atoms with van der Waals surface area (Å²) in [5.41, 5.74) is -1.22. The van der Waals surface area contributed by atoms with Crippen LogP contribution in [0.4, 0.5) is 27.6 Å². The van der Waals surface area contributed by atoms with Crippen molar-refractivity contribution in [2.24, 2.45) is 5.92 Å². The lowest BCUT2D eigenvalue weighted by Gasteiger charge is -2.41. The zero-order chi connectivity index (χ0) is 33.9. The van der Waals surface area contributed by atoms with Crippen LogP contribution in [0.5, 0.6) is 5.75 Å². The lowest BCUT2D eigenvalue weighted by Crippen LogP contribution is -2.52. The minimum Gasteiger partial charge on any atom is -0.435 e. The minimum absolute atomic E-state index is 0.00717. The van der Waals surface area contributed by atoms with E-state index >= 15 is 0 Å². The molecule has 1 unspecified atom stereocenters. The SMILES string of the molecule is O=C(NCc1ncc(C(F)(F)F)cc1Cl)c1ccc2c(c1)C1(CCS(=O)(=O)CC1)C(C1CC1)N2S(=O)(=O)c1cccc(OC(F)F)c1. The zero-order valence-electron chi connectivity index (χ0n) is 24.3. The summed E-state index contributed by atoms with van der Waals surface area (Å²) in [6, 6.07) is 9.11. The third-order valence-electron chi connectivity index (χ3n) is 8.89. The highest BCUT2D eigenvalue weighted by atomic mass is 35.5. The number of alkyl halides is 5. The van der Waals surface area contributed by atoms with Crippen molar-refractivity contribution in [3.8, 4) is 5.75 Å². The molecule has 2 fully saturated rings. The first kappa shape index (κ1) is 33.4. The predicted molar refractivity (Wildman–Crippen MR) is 161 cm³/mol. The monoisotopic (exact) mass is 719 g/mol. The summed E-state index contributed by atoms with van der Waals surface area (Å²) in [5.74, 6) is -1.52. The molecule has 1 aromatic heterocycles. The summed E-state index contributed by atoms with van der Waals surface area (Å²) < 4.78 is 124. The molecule has 1 amide bonds. The number of benzene rings is 2. The van der Waals surface area contributed by atoms with Crippen molar-refractivity contribution in [3.63, 3.8) is 0 Å². The number of carbonyl (C=O) groups is 1. The Morgan fingerprint density at radius 1 is 1.11 bits per heavy atom. The van der Waals surface area contributed by atoms with Gasteiger partial charge < -0.3 is 10.1 Å². The largest absolute Gasteiger partial charge is 0.435 e. The van der Waals surface area contributed by atoms with Crippen molar-refractivity contribution in [1.29, 1.82) is 0 Å². The van der Waals surface area contributed by atoms with Gasteiger partial charge in [0.2, 0.25) is 0 Å². The van der Waals surface area contributed by atoms with E-state index in [1.54, 1.807) is 0 Å². The standard InChI is InChI=1S/C30H27ClF5N3O6S2/c31-23-13-19(30(34,35)36)15-37-24(23)16-38-27(40)18-6-7-25-22(12-18)29(8-10-46(41,42)11-9-29)26(17-4-5-17)39(25)47(43,44)21-3-1-2-20(14-21)45-28(32)33/h1-3,6-7,12-15,17,26,28H,4-5,8-11,16H2,(H,38,40). The Kier molecular flexibility index (Phi) is 8.44. The van der Waals surface area contributed by atoms with E-state index in [1.165, 1.54) is 40.7 Å². The Morgan fingerprint density at radius 2 is 1.81 bits per heavy atom. The van der Waals surface area contributed by atoms with Gasteiger partial charge >= 0.3 is 12.8 Å². The number of pyridine rings is 1. The molecule has 2 aromatic carbocycles. The maximum atomic E-state index is 14.3. The Hall–Kier alpha value is -3.50. The lowest BCUT2D eigenvalue weighted by atomic mass is 9.70. The smallest absolute Gasteiger partial charge is 0.417 e.